The van der Waals surface area contributed by atoms with E-state index in [0.717, 1.165) is 0 Å². The summed E-state index contributed by atoms with van der Waals surface area (Å²) in [5, 5.41) is 0.538. The van der Waals surface area contributed by atoms with Crippen LogP contribution in [0.4, 0.5) is 0 Å². The number of rotatable bonds is 4. The van der Waals surface area contributed by atoms with E-state index >= 15 is 0 Å². The van der Waals surface area contributed by atoms with Gasteiger partial charge < -0.3 is 4.74 Å². The summed E-state index contributed by atoms with van der Waals surface area (Å²) in [5.74, 6) is 0.305. The summed E-state index contributed by atoms with van der Waals surface area (Å²) in [7, 11) is 1.51. The van der Waals surface area contributed by atoms with Gasteiger partial charge in [0.25, 0.3) is 0 Å². The maximum Gasteiger partial charge on any atom is 0.235 e. The van der Waals surface area contributed by atoms with Gasteiger partial charge in [-0.2, -0.15) is 0 Å². The van der Waals surface area contributed by atoms with Crippen molar-refractivity contribution >= 4 is 31.3 Å². The maximum atomic E-state index is 10.5. The fourth-order valence-corrected chi connectivity index (χ4v) is 1.47. The minimum Gasteiger partial charge on any atom is -0.492 e. The molecular formula is C8H8Cl2O3S. The molecule has 6 heteroatoms. The van der Waals surface area contributed by atoms with Crippen molar-refractivity contribution in [3.63, 3.8) is 0 Å². The second-order valence-electron chi connectivity index (χ2n) is 2.55. The van der Waals surface area contributed by atoms with E-state index in [1.807, 2.05) is 0 Å². The van der Waals surface area contributed by atoms with Crippen molar-refractivity contribution in [1.29, 1.82) is 0 Å². The molecule has 0 unspecified atom stereocenters. The zero-order valence-electron chi connectivity index (χ0n) is 7.11. The van der Waals surface area contributed by atoms with Crippen molar-refractivity contribution in [2.45, 2.75) is 0 Å². The molecule has 1 rings (SSSR count). The largest absolute Gasteiger partial charge is 0.492 e. The van der Waals surface area contributed by atoms with Crippen molar-refractivity contribution in [3.05, 3.63) is 29.3 Å². The fourth-order valence-electron chi connectivity index (χ4n) is 0.816. The van der Waals surface area contributed by atoms with Gasteiger partial charge >= 0.3 is 0 Å². The lowest BCUT2D eigenvalue weighted by molar-refractivity contribution is 0.341. The molecule has 3 nitrogen and oxygen atoms in total. The molecule has 0 heterocycles. The van der Waals surface area contributed by atoms with Gasteiger partial charge in [0.15, 0.2) is 0 Å². The first kappa shape index (κ1) is 11.6. The van der Waals surface area contributed by atoms with Crippen LogP contribution in [-0.2, 0) is 9.05 Å². The zero-order chi connectivity index (χ0) is 10.6. The van der Waals surface area contributed by atoms with E-state index in [-0.39, 0.29) is 12.4 Å². The Balaban J connectivity index is 2.47. The Bertz CT molecular complexity index is 403. The summed E-state index contributed by atoms with van der Waals surface area (Å²) in [5.41, 5.74) is 0. The molecule has 0 radical (unpaired) electrons. The average molecular weight is 255 g/mol. The molecule has 0 fully saturated rings. The first-order chi connectivity index (χ1) is 6.47. The number of halogens is 2. The molecular weight excluding hydrogens is 247 g/mol. The van der Waals surface area contributed by atoms with Crippen LogP contribution in [0.25, 0.3) is 0 Å². The van der Waals surface area contributed by atoms with Crippen LogP contribution < -0.4 is 4.74 Å². The van der Waals surface area contributed by atoms with Gasteiger partial charge in [-0.1, -0.05) is 17.7 Å². The van der Waals surface area contributed by atoms with Crippen molar-refractivity contribution in [2.75, 3.05) is 12.4 Å². The van der Waals surface area contributed by atoms with Gasteiger partial charge in [-0.25, -0.2) is 8.42 Å². The van der Waals surface area contributed by atoms with Gasteiger partial charge in [0.2, 0.25) is 9.05 Å². The van der Waals surface area contributed by atoms with E-state index in [4.69, 9.17) is 27.0 Å². The smallest absolute Gasteiger partial charge is 0.235 e. The van der Waals surface area contributed by atoms with Crippen LogP contribution >= 0.6 is 22.3 Å². The summed E-state index contributed by atoms with van der Waals surface area (Å²) in [4.78, 5) is 0. The summed E-state index contributed by atoms with van der Waals surface area (Å²) in [6.07, 6.45) is 0. The van der Waals surface area contributed by atoms with Crippen molar-refractivity contribution < 1.29 is 13.2 Å². The van der Waals surface area contributed by atoms with Crippen molar-refractivity contribution in [2.24, 2.45) is 0 Å². The Labute approximate surface area is 92.0 Å². The van der Waals surface area contributed by atoms with Crippen LogP contribution in [0, 0.1) is 0 Å². The van der Waals surface area contributed by atoms with Crippen molar-refractivity contribution in [3.8, 4) is 5.75 Å². The Hall–Kier alpha value is -0.450. The number of ether oxygens (including phenoxy) is 1. The predicted octanol–water partition coefficient (Wildman–Crippen LogP) is 2.29. The van der Waals surface area contributed by atoms with Crippen LogP contribution in [0.5, 0.6) is 5.75 Å². The topological polar surface area (TPSA) is 43.4 Å². The fraction of sp³-hybridized carbons (Fsp3) is 0.250. The van der Waals surface area contributed by atoms with Crippen LogP contribution in [0.3, 0.4) is 0 Å². The molecule has 1 aromatic rings. The molecule has 0 aliphatic heterocycles. The Morgan fingerprint density at radius 3 is 2.64 bits per heavy atom. The molecule has 0 N–H and O–H groups in total. The quantitative estimate of drug-likeness (QED) is 0.775. The van der Waals surface area contributed by atoms with Crippen molar-refractivity contribution in [1.82, 2.24) is 0 Å². The molecule has 0 spiro atoms. The number of hydrogen-bond donors (Lipinski definition) is 0. The molecule has 78 valence electrons. The van der Waals surface area contributed by atoms with Crippen LogP contribution in [-0.4, -0.2) is 20.8 Å². The molecule has 0 aliphatic rings. The van der Waals surface area contributed by atoms with Crippen LogP contribution in [0.15, 0.2) is 24.3 Å². The second-order valence-corrected chi connectivity index (χ2v) is 5.88. The Morgan fingerprint density at radius 1 is 1.36 bits per heavy atom. The summed E-state index contributed by atoms with van der Waals surface area (Å²) in [6, 6.07) is 6.70. The van der Waals surface area contributed by atoms with E-state index in [9.17, 15) is 8.42 Å². The third-order valence-electron chi connectivity index (χ3n) is 1.39. The van der Waals surface area contributed by atoms with Gasteiger partial charge in [0.1, 0.15) is 12.4 Å². The summed E-state index contributed by atoms with van der Waals surface area (Å²) >= 11 is 5.69. The van der Waals surface area contributed by atoms with E-state index in [2.05, 4.69) is 0 Å². The molecule has 14 heavy (non-hydrogen) atoms. The zero-order valence-corrected chi connectivity index (χ0v) is 9.44. The minimum absolute atomic E-state index is 0.0200. The highest BCUT2D eigenvalue weighted by Gasteiger charge is 2.05. The van der Waals surface area contributed by atoms with Crippen LogP contribution in [0.1, 0.15) is 0 Å². The maximum absolute atomic E-state index is 10.5. The van der Waals surface area contributed by atoms with Crippen LogP contribution in [0.2, 0.25) is 5.02 Å². The Kier molecular flexibility index (Phi) is 4.04. The lowest BCUT2D eigenvalue weighted by Crippen LogP contribution is -2.08. The SMILES string of the molecule is O=S(=O)(Cl)CCOc1cccc(Cl)c1. The molecule has 0 aliphatic carbocycles. The highest BCUT2D eigenvalue weighted by molar-refractivity contribution is 8.13. The highest BCUT2D eigenvalue weighted by Crippen LogP contribution is 2.17. The van der Waals surface area contributed by atoms with Gasteiger partial charge in [0, 0.05) is 15.7 Å². The molecule has 0 atom stereocenters. The monoisotopic (exact) mass is 254 g/mol. The predicted molar refractivity (Wildman–Crippen MR) is 56.6 cm³/mol. The standard InChI is InChI=1S/C8H8Cl2O3S/c9-7-2-1-3-8(6-7)13-4-5-14(10,11)12/h1-3,6H,4-5H2. The third kappa shape index (κ3) is 4.69. The lowest BCUT2D eigenvalue weighted by atomic mass is 10.3. The minimum atomic E-state index is -3.49. The molecule has 0 aromatic heterocycles. The summed E-state index contributed by atoms with van der Waals surface area (Å²) in [6.45, 7) is 0.0200. The first-order valence-corrected chi connectivity index (χ1v) is 6.64. The average Bonchev–Trinajstić information content (AvgIpc) is 2.01. The third-order valence-corrected chi connectivity index (χ3v) is 2.74. The second kappa shape index (κ2) is 4.87. The van der Waals surface area contributed by atoms with Gasteiger partial charge in [-0.15, -0.1) is 0 Å². The van der Waals surface area contributed by atoms with E-state index in [1.54, 1.807) is 24.3 Å². The molecule has 0 bridgehead atoms. The number of benzene rings is 1. The van der Waals surface area contributed by atoms with E-state index in [1.165, 1.54) is 0 Å². The van der Waals surface area contributed by atoms with Gasteiger partial charge in [-0.3, -0.25) is 0 Å². The molecule has 0 saturated carbocycles. The van der Waals surface area contributed by atoms with Gasteiger partial charge in [0.05, 0.1) is 5.75 Å². The molecule has 0 saturated heterocycles. The first-order valence-electron chi connectivity index (χ1n) is 3.78. The lowest BCUT2D eigenvalue weighted by Gasteiger charge is -2.04. The van der Waals surface area contributed by atoms with E-state index < -0.39 is 9.05 Å². The Morgan fingerprint density at radius 2 is 2.07 bits per heavy atom. The summed E-state index contributed by atoms with van der Waals surface area (Å²) < 4.78 is 26.2. The van der Waals surface area contributed by atoms with E-state index in [0.29, 0.717) is 10.8 Å². The number of hydrogen-bond acceptors (Lipinski definition) is 3. The van der Waals surface area contributed by atoms with Gasteiger partial charge in [-0.05, 0) is 18.2 Å². The normalized spacial score (nSPS) is 11.3. The highest BCUT2D eigenvalue weighted by atomic mass is 35.7. The molecule has 1 aromatic carbocycles. The molecule has 0 amide bonds.